The van der Waals surface area contributed by atoms with Gasteiger partial charge in [0.2, 0.25) is 0 Å². The van der Waals surface area contributed by atoms with Gasteiger partial charge in [0.1, 0.15) is 10.5 Å². The van der Waals surface area contributed by atoms with E-state index in [0.717, 1.165) is 12.1 Å². The van der Waals surface area contributed by atoms with Crippen LogP contribution in [0.4, 0.5) is 4.79 Å². The molecule has 4 amide bonds. The summed E-state index contributed by atoms with van der Waals surface area (Å²) in [5.41, 5.74) is -0.495. The van der Waals surface area contributed by atoms with Gasteiger partial charge in [-0.15, -0.1) is 0 Å². The van der Waals surface area contributed by atoms with Gasteiger partial charge in [-0.2, -0.15) is 8.42 Å². The first-order valence-electron chi connectivity index (χ1n) is 5.24. The van der Waals surface area contributed by atoms with Gasteiger partial charge in [-0.05, 0) is 17.7 Å². The van der Waals surface area contributed by atoms with Crippen molar-refractivity contribution in [2.24, 2.45) is 0 Å². The van der Waals surface area contributed by atoms with E-state index in [2.05, 4.69) is 0 Å². The summed E-state index contributed by atoms with van der Waals surface area (Å²) in [7, 11) is -4.50. The van der Waals surface area contributed by atoms with Crippen molar-refractivity contribution >= 4 is 34.0 Å². The van der Waals surface area contributed by atoms with Crippen LogP contribution in [-0.4, -0.2) is 30.8 Å². The average molecular weight is 296 g/mol. The number of hydrogen-bond donors (Lipinski definition) is 3. The summed E-state index contributed by atoms with van der Waals surface area (Å²) < 4.78 is 31.4. The Hall–Kier alpha value is -2.52. The number of barbiturate groups is 1. The van der Waals surface area contributed by atoms with Gasteiger partial charge in [-0.1, -0.05) is 18.2 Å². The van der Waals surface area contributed by atoms with E-state index in [9.17, 15) is 22.8 Å². The molecular weight excluding hydrogens is 288 g/mol. The van der Waals surface area contributed by atoms with Gasteiger partial charge in [0.15, 0.2) is 0 Å². The molecule has 20 heavy (non-hydrogen) atoms. The van der Waals surface area contributed by atoms with Crippen molar-refractivity contribution in [2.45, 2.75) is 4.90 Å². The lowest BCUT2D eigenvalue weighted by Gasteiger charge is -2.14. The Kier molecular flexibility index (Phi) is 3.38. The molecular formula is C11H8N2O6S. The van der Waals surface area contributed by atoms with Crippen LogP contribution in [0.15, 0.2) is 34.7 Å². The molecule has 0 spiro atoms. The Morgan fingerprint density at radius 1 is 1.00 bits per heavy atom. The van der Waals surface area contributed by atoms with Crippen LogP contribution in [0.5, 0.6) is 0 Å². The van der Waals surface area contributed by atoms with Crippen molar-refractivity contribution in [3.8, 4) is 0 Å². The number of hydrogen-bond acceptors (Lipinski definition) is 5. The second-order valence-electron chi connectivity index (χ2n) is 3.81. The molecule has 0 aromatic heterocycles. The van der Waals surface area contributed by atoms with Crippen molar-refractivity contribution in [1.29, 1.82) is 0 Å². The van der Waals surface area contributed by atoms with Crippen LogP contribution in [0, 0.1) is 0 Å². The fourth-order valence-electron chi connectivity index (χ4n) is 1.60. The molecule has 0 aliphatic carbocycles. The fourth-order valence-corrected chi connectivity index (χ4v) is 2.27. The first-order valence-corrected chi connectivity index (χ1v) is 6.68. The van der Waals surface area contributed by atoms with Gasteiger partial charge in [-0.3, -0.25) is 24.8 Å². The molecule has 0 unspecified atom stereocenters. The van der Waals surface area contributed by atoms with E-state index in [-0.39, 0.29) is 5.56 Å². The molecule has 0 bridgehead atoms. The summed E-state index contributed by atoms with van der Waals surface area (Å²) in [6, 6.07) is 4.29. The standard InChI is InChI=1S/C11H8N2O6S/c14-9-7(10(15)13-11(16)12-9)5-6-3-1-2-4-8(6)20(17,18)19/h1-5H,(H,17,18,19)(H2,12,13,14,15,16). The van der Waals surface area contributed by atoms with Crippen molar-refractivity contribution in [3.05, 3.63) is 35.4 Å². The number of benzene rings is 1. The maximum atomic E-state index is 11.5. The Labute approximate surface area is 113 Å². The molecule has 104 valence electrons. The smallest absolute Gasteiger partial charge is 0.282 e. The Morgan fingerprint density at radius 3 is 2.10 bits per heavy atom. The lowest BCUT2D eigenvalue weighted by molar-refractivity contribution is -0.123. The zero-order chi connectivity index (χ0) is 14.9. The predicted octanol–water partition coefficient (Wildman–Crippen LogP) is -0.317. The molecule has 3 N–H and O–H groups in total. The van der Waals surface area contributed by atoms with Crippen LogP contribution in [-0.2, 0) is 19.7 Å². The zero-order valence-electron chi connectivity index (χ0n) is 9.78. The van der Waals surface area contributed by atoms with Gasteiger partial charge in [-0.25, -0.2) is 4.79 Å². The van der Waals surface area contributed by atoms with E-state index in [1.54, 1.807) is 0 Å². The molecule has 8 nitrogen and oxygen atoms in total. The predicted molar refractivity (Wildman–Crippen MR) is 65.9 cm³/mol. The van der Waals surface area contributed by atoms with Crippen LogP contribution >= 0.6 is 0 Å². The van der Waals surface area contributed by atoms with Crippen LogP contribution < -0.4 is 10.6 Å². The zero-order valence-corrected chi connectivity index (χ0v) is 10.6. The fraction of sp³-hybridized carbons (Fsp3) is 0. The lowest BCUT2D eigenvalue weighted by Crippen LogP contribution is -2.51. The summed E-state index contributed by atoms with van der Waals surface area (Å²) in [6.45, 7) is 0. The molecule has 2 rings (SSSR count). The van der Waals surface area contributed by atoms with E-state index >= 15 is 0 Å². The van der Waals surface area contributed by atoms with Crippen molar-refractivity contribution in [3.63, 3.8) is 0 Å². The molecule has 9 heteroatoms. The van der Waals surface area contributed by atoms with E-state index in [4.69, 9.17) is 4.55 Å². The Morgan fingerprint density at radius 2 is 1.55 bits per heavy atom. The van der Waals surface area contributed by atoms with Crippen molar-refractivity contribution in [1.82, 2.24) is 10.6 Å². The molecule has 1 aromatic rings. The first-order chi connectivity index (χ1) is 9.29. The number of urea groups is 1. The summed E-state index contributed by atoms with van der Waals surface area (Å²) in [6.07, 6.45) is 0.972. The van der Waals surface area contributed by atoms with E-state index < -0.39 is 38.4 Å². The first kappa shape index (κ1) is 13.9. The molecule has 1 saturated heterocycles. The number of carbonyl (C=O) groups excluding carboxylic acids is 3. The highest BCUT2D eigenvalue weighted by atomic mass is 32.2. The summed E-state index contributed by atoms with van der Waals surface area (Å²) in [5, 5.41) is 3.70. The largest absolute Gasteiger partial charge is 0.328 e. The number of rotatable bonds is 2. The molecule has 0 radical (unpaired) electrons. The summed E-state index contributed by atoms with van der Waals surface area (Å²) in [5.74, 6) is -1.91. The molecule has 0 saturated carbocycles. The van der Waals surface area contributed by atoms with Gasteiger partial charge in [0, 0.05) is 0 Å². The molecule has 0 atom stereocenters. The topological polar surface area (TPSA) is 130 Å². The molecule has 1 aliphatic rings. The SMILES string of the molecule is O=C1NC(=O)C(=Cc2ccccc2S(=O)(=O)O)C(=O)N1. The highest BCUT2D eigenvalue weighted by molar-refractivity contribution is 7.85. The van der Waals surface area contributed by atoms with E-state index in [1.165, 1.54) is 18.2 Å². The van der Waals surface area contributed by atoms with Crippen molar-refractivity contribution < 1.29 is 27.4 Å². The van der Waals surface area contributed by atoms with Crippen LogP contribution in [0.3, 0.4) is 0 Å². The van der Waals surface area contributed by atoms with Gasteiger partial charge >= 0.3 is 6.03 Å². The quantitative estimate of drug-likeness (QED) is 0.389. The van der Waals surface area contributed by atoms with Crippen LogP contribution in [0.2, 0.25) is 0 Å². The highest BCUT2D eigenvalue weighted by Crippen LogP contribution is 2.19. The Bertz CT molecular complexity index is 728. The second kappa shape index (κ2) is 4.87. The summed E-state index contributed by atoms with van der Waals surface area (Å²) in [4.78, 5) is 33.4. The molecule has 1 heterocycles. The number of imide groups is 2. The van der Waals surface area contributed by atoms with Crippen LogP contribution in [0.25, 0.3) is 6.08 Å². The minimum absolute atomic E-state index is 0.0513. The third-order valence-corrected chi connectivity index (χ3v) is 3.37. The summed E-state index contributed by atoms with van der Waals surface area (Å²) >= 11 is 0. The molecule has 1 aliphatic heterocycles. The number of amides is 4. The van der Waals surface area contributed by atoms with Gasteiger partial charge in [0.05, 0.1) is 0 Å². The third-order valence-electron chi connectivity index (χ3n) is 2.44. The minimum atomic E-state index is -4.50. The lowest BCUT2D eigenvalue weighted by atomic mass is 10.1. The minimum Gasteiger partial charge on any atom is -0.282 e. The van der Waals surface area contributed by atoms with E-state index in [1.807, 2.05) is 10.6 Å². The van der Waals surface area contributed by atoms with Gasteiger partial charge < -0.3 is 0 Å². The maximum absolute atomic E-state index is 11.5. The third kappa shape index (κ3) is 2.73. The van der Waals surface area contributed by atoms with Crippen molar-refractivity contribution in [2.75, 3.05) is 0 Å². The average Bonchev–Trinajstić information content (AvgIpc) is 2.33. The second-order valence-corrected chi connectivity index (χ2v) is 5.20. The number of carbonyl (C=O) groups is 3. The van der Waals surface area contributed by atoms with E-state index in [0.29, 0.717) is 0 Å². The van der Waals surface area contributed by atoms with Gasteiger partial charge in [0.25, 0.3) is 21.9 Å². The molecule has 1 fully saturated rings. The highest BCUT2D eigenvalue weighted by Gasteiger charge is 2.28. The Balaban J connectivity index is 2.54. The number of nitrogens with one attached hydrogen (secondary N) is 2. The van der Waals surface area contributed by atoms with Crippen LogP contribution in [0.1, 0.15) is 5.56 Å². The normalized spacial score (nSPS) is 15.7. The molecule has 1 aromatic carbocycles. The monoisotopic (exact) mass is 296 g/mol. The maximum Gasteiger partial charge on any atom is 0.328 e.